The first-order valence-corrected chi connectivity index (χ1v) is 5.07. The molecule has 0 aromatic heterocycles. The number of aliphatic carboxylic acids is 1. The summed E-state index contributed by atoms with van der Waals surface area (Å²) in [6.45, 7) is 3.08. The maximum atomic E-state index is 11.7. The van der Waals surface area contributed by atoms with Crippen molar-refractivity contribution in [1.29, 1.82) is 0 Å². The number of nitrogens with one attached hydrogen (secondary N) is 1. The van der Waals surface area contributed by atoms with Crippen LogP contribution in [0.15, 0.2) is 0 Å². The van der Waals surface area contributed by atoms with E-state index in [2.05, 4.69) is 11.2 Å². The Balaban J connectivity index is 4.63. The van der Waals surface area contributed by atoms with Crippen LogP contribution < -0.4 is 5.32 Å². The lowest BCUT2D eigenvalue weighted by Crippen LogP contribution is -2.54. The minimum absolute atomic E-state index is 0.0888. The maximum absolute atomic E-state index is 11.7. The molecule has 17 heavy (non-hydrogen) atoms. The molecule has 1 atom stereocenters. The first kappa shape index (κ1) is 15.3. The number of carboxylic acid groups (broad SMARTS) is 1. The number of amides is 2. The topological polar surface area (TPSA) is 89.9 Å². The summed E-state index contributed by atoms with van der Waals surface area (Å²) in [6.07, 6.45) is 4.92. The summed E-state index contributed by atoms with van der Waals surface area (Å²) in [4.78, 5) is 23.7. The first-order chi connectivity index (χ1) is 7.76. The molecule has 0 aliphatic rings. The van der Waals surface area contributed by atoms with Gasteiger partial charge in [0.05, 0.1) is 12.1 Å². The zero-order valence-electron chi connectivity index (χ0n) is 10.2. The van der Waals surface area contributed by atoms with Gasteiger partial charge in [-0.25, -0.2) is 9.59 Å². The van der Waals surface area contributed by atoms with Crippen LogP contribution in [0.1, 0.15) is 20.3 Å². The number of carbonyl (C=O) groups is 2. The Morgan fingerprint density at radius 2 is 2.06 bits per heavy atom. The van der Waals surface area contributed by atoms with Crippen LogP contribution in [0, 0.1) is 12.3 Å². The molecule has 0 saturated carbocycles. The number of terminal acetylenes is 1. The third-order valence-corrected chi connectivity index (χ3v) is 2.52. The number of carbonyl (C=O) groups excluding carboxylic acids is 1. The molecular weight excluding hydrogens is 224 g/mol. The molecule has 0 radical (unpaired) electrons. The van der Waals surface area contributed by atoms with Crippen molar-refractivity contribution in [3.8, 4) is 12.3 Å². The highest BCUT2D eigenvalue weighted by Crippen LogP contribution is 2.11. The Morgan fingerprint density at radius 3 is 2.41 bits per heavy atom. The summed E-state index contributed by atoms with van der Waals surface area (Å²) in [5.41, 5.74) is -0.775. The van der Waals surface area contributed by atoms with E-state index in [4.69, 9.17) is 16.6 Å². The molecule has 0 aliphatic carbocycles. The largest absolute Gasteiger partial charge is 0.480 e. The minimum Gasteiger partial charge on any atom is -0.480 e. The molecule has 96 valence electrons. The zero-order chi connectivity index (χ0) is 13.6. The van der Waals surface area contributed by atoms with E-state index in [1.165, 1.54) is 11.9 Å². The van der Waals surface area contributed by atoms with Gasteiger partial charge in [-0.2, -0.15) is 0 Å². The van der Waals surface area contributed by atoms with Gasteiger partial charge in [0.2, 0.25) is 0 Å². The van der Waals surface area contributed by atoms with Crippen LogP contribution >= 0.6 is 0 Å². The summed E-state index contributed by atoms with van der Waals surface area (Å²) in [5, 5.41) is 20.2. The van der Waals surface area contributed by atoms with Gasteiger partial charge in [-0.3, -0.25) is 0 Å². The van der Waals surface area contributed by atoms with Crippen LogP contribution in [0.3, 0.4) is 0 Å². The van der Waals surface area contributed by atoms with E-state index < -0.39 is 23.6 Å². The van der Waals surface area contributed by atoms with Gasteiger partial charge in [-0.05, 0) is 13.8 Å². The van der Waals surface area contributed by atoms with Crippen molar-refractivity contribution in [2.75, 3.05) is 13.7 Å². The molecular formula is C11H18N2O4. The van der Waals surface area contributed by atoms with Gasteiger partial charge in [0, 0.05) is 13.5 Å². The predicted molar refractivity (Wildman–Crippen MR) is 62.3 cm³/mol. The Kier molecular flexibility index (Phi) is 5.48. The highest BCUT2D eigenvalue weighted by Gasteiger charge is 2.29. The van der Waals surface area contributed by atoms with E-state index in [0.717, 1.165) is 0 Å². The number of aliphatic hydroxyl groups is 1. The molecule has 6 heteroatoms. The highest BCUT2D eigenvalue weighted by atomic mass is 16.4. The number of aliphatic hydroxyl groups excluding tert-OH is 1. The number of carboxylic acids is 1. The fourth-order valence-electron chi connectivity index (χ4n) is 0.945. The van der Waals surface area contributed by atoms with Crippen molar-refractivity contribution in [2.24, 2.45) is 0 Å². The van der Waals surface area contributed by atoms with Crippen LogP contribution in [0.5, 0.6) is 0 Å². The third-order valence-electron chi connectivity index (χ3n) is 2.52. The molecule has 3 N–H and O–H groups in total. The van der Waals surface area contributed by atoms with E-state index in [9.17, 15) is 9.59 Å². The maximum Gasteiger partial charge on any atom is 0.327 e. The van der Waals surface area contributed by atoms with Crippen LogP contribution in [-0.4, -0.2) is 52.3 Å². The summed E-state index contributed by atoms with van der Waals surface area (Å²) in [7, 11) is 1.47. The predicted octanol–water partition coefficient (Wildman–Crippen LogP) is -0.125. The van der Waals surface area contributed by atoms with Crippen molar-refractivity contribution in [2.45, 2.75) is 31.8 Å². The Bertz CT molecular complexity index is 333. The Morgan fingerprint density at radius 1 is 1.53 bits per heavy atom. The number of nitrogens with zero attached hydrogens (tertiary/aromatic N) is 1. The quantitative estimate of drug-likeness (QED) is 0.586. The zero-order valence-corrected chi connectivity index (χ0v) is 10.2. The van der Waals surface area contributed by atoms with Gasteiger partial charge in [-0.15, -0.1) is 12.3 Å². The van der Waals surface area contributed by atoms with Crippen molar-refractivity contribution < 1.29 is 19.8 Å². The van der Waals surface area contributed by atoms with Gasteiger partial charge in [0.1, 0.15) is 6.04 Å². The van der Waals surface area contributed by atoms with Crippen molar-refractivity contribution >= 4 is 12.0 Å². The molecule has 2 amide bonds. The molecule has 0 rings (SSSR count). The normalized spacial score (nSPS) is 12.4. The van der Waals surface area contributed by atoms with Crippen LogP contribution in [0.4, 0.5) is 4.79 Å². The van der Waals surface area contributed by atoms with E-state index in [0.29, 0.717) is 0 Å². The lowest BCUT2D eigenvalue weighted by molar-refractivity contribution is -0.139. The molecule has 0 fully saturated rings. The van der Waals surface area contributed by atoms with Crippen LogP contribution in [-0.2, 0) is 4.79 Å². The number of likely N-dealkylation sites (N-methyl/N-ethyl adjacent to an activating group) is 1. The van der Waals surface area contributed by atoms with Crippen LogP contribution in [0.25, 0.3) is 0 Å². The lowest BCUT2D eigenvalue weighted by Gasteiger charge is -2.34. The van der Waals surface area contributed by atoms with E-state index in [-0.39, 0.29) is 13.0 Å². The second kappa shape index (κ2) is 6.11. The van der Waals surface area contributed by atoms with Crippen molar-refractivity contribution in [1.82, 2.24) is 10.2 Å². The molecule has 6 nitrogen and oxygen atoms in total. The van der Waals surface area contributed by atoms with Gasteiger partial charge in [0.15, 0.2) is 0 Å². The van der Waals surface area contributed by atoms with Crippen molar-refractivity contribution in [3.05, 3.63) is 0 Å². The molecule has 0 aromatic carbocycles. The summed E-state index contributed by atoms with van der Waals surface area (Å²) in [6, 6.07) is -1.71. The summed E-state index contributed by atoms with van der Waals surface area (Å²) in [5.74, 6) is 0.994. The molecule has 0 aliphatic heterocycles. The molecule has 0 bridgehead atoms. The fourth-order valence-corrected chi connectivity index (χ4v) is 0.945. The minimum atomic E-state index is -1.19. The SMILES string of the molecule is C#CCC(NC(=O)N(C)C(C)(C)CO)C(=O)O. The number of rotatable bonds is 5. The van der Waals surface area contributed by atoms with Gasteiger partial charge in [-0.1, -0.05) is 0 Å². The Labute approximate surface area is 101 Å². The number of urea groups is 1. The van der Waals surface area contributed by atoms with Crippen LogP contribution in [0.2, 0.25) is 0 Å². The molecule has 0 saturated heterocycles. The second-order valence-electron chi connectivity index (χ2n) is 4.28. The lowest BCUT2D eigenvalue weighted by atomic mass is 10.1. The molecule has 0 heterocycles. The molecule has 0 aromatic rings. The molecule has 1 unspecified atom stereocenters. The van der Waals surface area contributed by atoms with Crippen molar-refractivity contribution in [3.63, 3.8) is 0 Å². The fraction of sp³-hybridized carbons (Fsp3) is 0.636. The van der Waals surface area contributed by atoms with E-state index >= 15 is 0 Å². The number of hydrogen-bond acceptors (Lipinski definition) is 3. The monoisotopic (exact) mass is 242 g/mol. The Hall–Kier alpha value is -1.74. The van der Waals surface area contributed by atoms with E-state index in [1.807, 2.05) is 0 Å². The van der Waals surface area contributed by atoms with E-state index in [1.54, 1.807) is 13.8 Å². The highest BCUT2D eigenvalue weighted by molar-refractivity contribution is 5.83. The first-order valence-electron chi connectivity index (χ1n) is 5.07. The molecule has 0 spiro atoms. The average Bonchev–Trinajstić information content (AvgIpc) is 2.27. The van der Waals surface area contributed by atoms with Gasteiger partial charge in [0.25, 0.3) is 0 Å². The average molecular weight is 242 g/mol. The summed E-state index contributed by atoms with van der Waals surface area (Å²) >= 11 is 0. The third kappa shape index (κ3) is 4.33. The summed E-state index contributed by atoms with van der Waals surface area (Å²) < 4.78 is 0. The van der Waals surface area contributed by atoms with Gasteiger partial charge >= 0.3 is 12.0 Å². The number of hydrogen-bond donors (Lipinski definition) is 3. The van der Waals surface area contributed by atoms with Gasteiger partial charge < -0.3 is 20.4 Å². The standard InChI is InChI=1S/C11H18N2O4/c1-5-6-8(9(15)16)12-10(17)13(4)11(2,3)7-14/h1,8,14H,6-7H2,2-4H3,(H,12,17)(H,15,16). The second-order valence-corrected chi connectivity index (χ2v) is 4.28. The smallest absolute Gasteiger partial charge is 0.327 e.